The molecule has 2 aromatic rings. The van der Waals surface area contributed by atoms with Crippen molar-refractivity contribution in [2.45, 2.75) is 22.9 Å². The lowest BCUT2D eigenvalue weighted by Gasteiger charge is -2.26. The Morgan fingerprint density at radius 1 is 0.913 bits per heavy atom. The highest BCUT2D eigenvalue weighted by atomic mass is 35.6. The Kier molecular flexibility index (Phi) is 6.72. The van der Waals surface area contributed by atoms with Crippen LogP contribution in [0.5, 0.6) is 0 Å². The van der Waals surface area contributed by atoms with Crippen LogP contribution in [0.3, 0.4) is 0 Å². The second-order valence-corrected chi connectivity index (χ2v) is 7.44. The average molecular weight is 372 g/mol. The van der Waals surface area contributed by atoms with Crippen LogP contribution in [-0.4, -0.2) is 15.9 Å². The molecule has 2 rings (SSSR count). The third-order valence-electron chi connectivity index (χ3n) is 3.19. The molecule has 1 amide bonds. The third-order valence-corrected chi connectivity index (χ3v) is 3.85. The number of alkyl halides is 3. The van der Waals surface area contributed by atoms with E-state index >= 15 is 0 Å². The summed E-state index contributed by atoms with van der Waals surface area (Å²) in [7, 11) is 0. The number of hydrogen-bond donors (Lipinski definition) is 2. The molecule has 2 aromatic carbocycles. The number of halogens is 3. The van der Waals surface area contributed by atoms with Crippen molar-refractivity contribution in [3.05, 3.63) is 71.8 Å². The molecule has 0 spiro atoms. The van der Waals surface area contributed by atoms with Crippen molar-refractivity contribution < 1.29 is 4.79 Å². The zero-order valence-corrected chi connectivity index (χ0v) is 14.6. The molecule has 23 heavy (non-hydrogen) atoms. The molecule has 1 atom stereocenters. The van der Waals surface area contributed by atoms with Crippen LogP contribution in [0.15, 0.2) is 60.7 Å². The quantitative estimate of drug-likeness (QED) is 0.598. The van der Waals surface area contributed by atoms with E-state index in [1.165, 1.54) is 0 Å². The summed E-state index contributed by atoms with van der Waals surface area (Å²) in [6, 6.07) is 19.1. The van der Waals surface area contributed by atoms with E-state index in [9.17, 15) is 4.79 Å². The van der Waals surface area contributed by atoms with Gasteiger partial charge < -0.3 is 5.32 Å². The van der Waals surface area contributed by atoms with Gasteiger partial charge in [0.1, 0.15) is 6.17 Å². The van der Waals surface area contributed by atoms with Crippen molar-refractivity contribution >= 4 is 40.7 Å². The number of carbonyl (C=O) groups is 1. The first-order chi connectivity index (χ1) is 10.9. The van der Waals surface area contributed by atoms with Crippen molar-refractivity contribution in [1.29, 1.82) is 0 Å². The summed E-state index contributed by atoms with van der Waals surface area (Å²) in [6.07, 6.45) is -0.561. The first-order valence-corrected chi connectivity index (χ1v) is 8.26. The predicted molar refractivity (Wildman–Crippen MR) is 95.6 cm³/mol. The van der Waals surface area contributed by atoms with Gasteiger partial charge in [0.05, 0.1) is 6.42 Å². The van der Waals surface area contributed by atoms with Gasteiger partial charge in [-0.2, -0.15) is 0 Å². The topological polar surface area (TPSA) is 41.1 Å². The van der Waals surface area contributed by atoms with Crippen molar-refractivity contribution in [1.82, 2.24) is 10.6 Å². The molecule has 0 aliphatic heterocycles. The first-order valence-electron chi connectivity index (χ1n) is 7.12. The number of carbonyl (C=O) groups excluding carboxylic acids is 1. The van der Waals surface area contributed by atoms with Gasteiger partial charge in [-0.25, -0.2) is 0 Å². The van der Waals surface area contributed by atoms with E-state index in [1.807, 2.05) is 60.7 Å². The van der Waals surface area contributed by atoms with E-state index in [-0.39, 0.29) is 12.3 Å². The monoisotopic (exact) mass is 370 g/mol. The fourth-order valence-electron chi connectivity index (χ4n) is 2.06. The highest BCUT2D eigenvalue weighted by molar-refractivity contribution is 6.68. The lowest BCUT2D eigenvalue weighted by molar-refractivity contribution is -0.121. The van der Waals surface area contributed by atoms with E-state index in [1.54, 1.807) is 0 Å². The van der Waals surface area contributed by atoms with Crippen LogP contribution in [0.4, 0.5) is 0 Å². The summed E-state index contributed by atoms with van der Waals surface area (Å²) in [5.41, 5.74) is 1.93. The minimum absolute atomic E-state index is 0.215. The highest BCUT2D eigenvalue weighted by Crippen LogP contribution is 2.29. The summed E-state index contributed by atoms with van der Waals surface area (Å²) in [5, 5.41) is 5.79. The Balaban J connectivity index is 1.94. The second kappa shape index (κ2) is 8.55. The van der Waals surface area contributed by atoms with Crippen LogP contribution in [0.1, 0.15) is 11.1 Å². The van der Waals surface area contributed by atoms with Crippen molar-refractivity contribution in [3.8, 4) is 0 Å². The van der Waals surface area contributed by atoms with Gasteiger partial charge in [-0.1, -0.05) is 95.5 Å². The number of amides is 1. The molecule has 0 heterocycles. The average Bonchev–Trinajstić information content (AvgIpc) is 2.52. The summed E-state index contributed by atoms with van der Waals surface area (Å²) >= 11 is 17.9. The fourth-order valence-corrected chi connectivity index (χ4v) is 2.45. The van der Waals surface area contributed by atoms with E-state index < -0.39 is 9.96 Å². The summed E-state index contributed by atoms with van der Waals surface area (Å²) < 4.78 is -1.65. The van der Waals surface area contributed by atoms with Gasteiger partial charge in [0.2, 0.25) is 9.70 Å². The van der Waals surface area contributed by atoms with Crippen LogP contribution < -0.4 is 10.6 Å². The Hall–Kier alpha value is -1.26. The molecule has 122 valence electrons. The SMILES string of the molecule is O=C(Cc1ccccc1)N[C@@H](NCc1ccccc1)C(Cl)(Cl)Cl. The van der Waals surface area contributed by atoms with Gasteiger partial charge in [0.15, 0.2) is 0 Å². The Labute approximate surface area is 150 Å². The van der Waals surface area contributed by atoms with Crippen molar-refractivity contribution in [2.75, 3.05) is 0 Å². The Morgan fingerprint density at radius 3 is 1.96 bits per heavy atom. The van der Waals surface area contributed by atoms with Gasteiger partial charge in [-0.15, -0.1) is 0 Å². The minimum Gasteiger partial charge on any atom is -0.336 e. The zero-order valence-electron chi connectivity index (χ0n) is 12.3. The van der Waals surface area contributed by atoms with Crippen molar-refractivity contribution in [3.63, 3.8) is 0 Å². The number of hydrogen-bond acceptors (Lipinski definition) is 2. The molecule has 3 nitrogen and oxygen atoms in total. The predicted octanol–water partition coefficient (Wildman–Crippen LogP) is 3.83. The van der Waals surface area contributed by atoms with Gasteiger partial charge in [-0.3, -0.25) is 10.1 Å². The lowest BCUT2D eigenvalue weighted by Crippen LogP contribution is -2.53. The molecule has 0 bridgehead atoms. The van der Waals surface area contributed by atoms with Crippen LogP contribution >= 0.6 is 34.8 Å². The maximum Gasteiger partial charge on any atom is 0.225 e. The normalized spacial score (nSPS) is 12.7. The summed E-state index contributed by atoms with van der Waals surface area (Å²) in [6.45, 7) is 0.477. The summed E-state index contributed by atoms with van der Waals surface area (Å²) in [4.78, 5) is 12.2. The van der Waals surface area contributed by atoms with Gasteiger partial charge in [-0.05, 0) is 11.1 Å². The molecular formula is C17H17Cl3N2O. The van der Waals surface area contributed by atoms with Gasteiger partial charge >= 0.3 is 0 Å². The number of benzene rings is 2. The van der Waals surface area contributed by atoms with E-state index in [0.717, 1.165) is 11.1 Å². The molecule has 0 radical (unpaired) electrons. The van der Waals surface area contributed by atoms with Gasteiger partial charge in [0, 0.05) is 6.54 Å². The minimum atomic E-state index is -1.65. The third kappa shape index (κ3) is 6.40. The molecule has 0 saturated heterocycles. The van der Waals surface area contributed by atoms with Crippen molar-refractivity contribution in [2.24, 2.45) is 0 Å². The lowest BCUT2D eigenvalue weighted by atomic mass is 10.1. The maximum atomic E-state index is 12.2. The van der Waals surface area contributed by atoms with E-state index in [2.05, 4.69) is 10.6 Å². The van der Waals surface area contributed by atoms with Crippen LogP contribution in [-0.2, 0) is 17.8 Å². The maximum absolute atomic E-state index is 12.2. The van der Waals surface area contributed by atoms with Crippen LogP contribution in [0.25, 0.3) is 0 Å². The summed E-state index contributed by atoms with van der Waals surface area (Å²) in [5.74, 6) is -0.215. The molecule has 0 aliphatic rings. The fraction of sp³-hybridized carbons (Fsp3) is 0.235. The molecule has 0 fully saturated rings. The van der Waals surface area contributed by atoms with Crippen LogP contribution in [0.2, 0.25) is 0 Å². The molecular weight excluding hydrogens is 355 g/mol. The second-order valence-electron chi connectivity index (χ2n) is 5.07. The molecule has 6 heteroatoms. The smallest absolute Gasteiger partial charge is 0.225 e. The number of rotatable bonds is 6. The Morgan fingerprint density at radius 2 is 1.43 bits per heavy atom. The number of nitrogens with one attached hydrogen (secondary N) is 2. The highest BCUT2D eigenvalue weighted by Gasteiger charge is 2.33. The molecule has 2 N–H and O–H groups in total. The molecule has 0 aromatic heterocycles. The molecule has 0 aliphatic carbocycles. The van der Waals surface area contributed by atoms with Crippen LogP contribution in [0, 0.1) is 0 Å². The first kappa shape index (κ1) is 18.1. The van der Waals surface area contributed by atoms with Gasteiger partial charge in [0.25, 0.3) is 0 Å². The molecule has 0 unspecified atom stereocenters. The Bertz CT molecular complexity index is 615. The van der Waals surface area contributed by atoms with E-state index in [0.29, 0.717) is 6.54 Å². The van der Waals surface area contributed by atoms with E-state index in [4.69, 9.17) is 34.8 Å². The standard InChI is InChI=1S/C17H17Cl3N2O/c18-17(19,20)16(21-12-14-9-5-2-6-10-14)22-15(23)11-13-7-3-1-4-8-13/h1-10,16,21H,11-12H2,(H,22,23)/t16-/m1/s1. The largest absolute Gasteiger partial charge is 0.336 e. The zero-order chi connectivity index (χ0) is 16.7. The molecule has 0 saturated carbocycles.